The minimum Gasteiger partial charge on any atom is -0.609 e. The van der Waals surface area contributed by atoms with Gasteiger partial charge in [-0.3, -0.25) is 14.5 Å². The average Bonchev–Trinajstić information content (AvgIpc) is 3.35. The molecule has 7 nitrogen and oxygen atoms in total. The van der Waals surface area contributed by atoms with Gasteiger partial charge in [0.15, 0.2) is 0 Å². The molecular formula is C25H27N3O4S2. The van der Waals surface area contributed by atoms with Crippen LogP contribution >= 0.6 is 11.3 Å². The quantitative estimate of drug-likeness (QED) is 0.351. The fraction of sp³-hybridized carbons (Fsp3) is 0.360. The average molecular weight is 498 g/mol. The van der Waals surface area contributed by atoms with Crippen molar-refractivity contribution < 1.29 is 19.2 Å². The predicted molar refractivity (Wildman–Crippen MR) is 133 cm³/mol. The Morgan fingerprint density at radius 1 is 1.06 bits per heavy atom. The number of aliphatic carboxylic acids is 1. The SMILES string of the molecule is CN(C(=O)c1ccc([C@H]2CC[C@H](CC(=O)O)CC2)cc1)c1nnc([S+]([O-])Cc2ccccc2)s1. The number of nitrogens with zero attached hydrogens (tertiary/aromatic N) is 3. The summed E-state index contributed by atoms with van der Waals surface area (Å²) in [6.45, 7) is 0. The number of aromatic nitrogens is 2. The number of hydrogen-bond donors (Lipinski definition) is 1. The lowest BCUT2D eigenvalue weighted by atomic mass is 9.77. The Labute approximate surface area is 206 Å². The van der Waals surface area contributed by atoms with Crippen molar-refractivity contribution in [3.63, 3.8) is 0 Å². The zero-order valence-electron chi connectivity index (χ0n) is 18.9. The van der Waals surface area contributed by atoms with Crippen LogP contribution < -0.4 is 4.90 Å². The molecule has 1 aromatic heterocycles. The Balaban J connectivity index is 1.35. The summed E-state index contributed by atoms with van der Waals surface area (Å²) < 4.78 is 13.0. The van der Waals surface area contributed by atoms with Gasteiger partial charge in [-0.15, -0.1) is 5.10 Å². The van der Waals surface area contributed by atoms with Gasteiger partial charge in [0.2, 0.25) is 5.13 Å². The van der Waals surface area contributed by atoms with E-state index >= 15 is 0 Å². The van der Waals surface area contributed by atoms with E-state index in [1.807, 2.05) is 54.6 Å². The van der Waals surface area contributed by atoms with Crippen LogP contribution in [0, 0.1) is 5.92 Å². The van der Waals surface area contributed by atoms with Crippen molar-refractivity contribution in [3.05, 3.63) is 71.3 Å². The smallest absolute Gasteiger partial charge is 0.323 e. The Hall–Kier alpha value is -2.75. The van der Waals surface area contributed by atoms with Crippen LogP contribution in [-0.4, -0.2) is 38.8 Å². The van der Waals surface area contributed by atoms with Gasteiger partial charge in [-0.25, -0.2) is 0 Å². The monoisotopic (exact) mass is 497 g/mol. The van der Waals surface area contributed by atoms with E-state index in [0.717, 1.165) is 42.6 Å². The second-order valence-corrected chi connectivity index (χ2v) is 11.2. The van der Waals surface area contributed by atoms with E-state index in [1.165, 1.54) is 10.5 Å². The molecule has 1 atom stereocenters. The van der Waals surface area contributed by atoms with E-state index in [4.69, 9.17) is 5.11 Å². The molecular weight excluding hydrogens is 470 g/mol. The topological polar surface area (TPSA) is 106 Å². The molecule has 4 rings (SSSR count). The van der Waals surface area contributed by atoms with Crippen molar-refractivity contribution in [2.75, 3.05) is 11.9 Å². The van der Waals surface area contributed by atoms with Crippen LogP contribution in [0.5, 0.6) is 0 Å². The van der Waals surface area contributed by atoms with Gasteiger partial charge in [0, 0.05) is 35.8 Å². The highest BCUT2D eigenvalue weighted by Gasteiger charge is 2.25. The van der Waals surface area contributed by atoms with E-state index in [9.17, 15) is 14.1 Å². The second kappa shape index (κ2) is 11.1. The summed E-state index contributed by atoms with van der Waals surface area (Å²) in [6, 6.07) is 17.2. The molecule has 0 saturated heterocycles. The van der Waals surface area contributed by atoms with Gasteiger partial charge in [0.05, 0.1) is 0 Å². The van der Waals surface area contributed by atoms with Crippen LogP contribution in [0.15, 0.2) is 58.9 Å². The summed E-state index contributed by atoms with van der Waals surface area (Å²) in [7, 11) is 1.64. The predicted octanol–water partition coefficient (Wildman–Crippen LogP) is 4.87. The number of carboxylic acid groups (broad SMARTS) is 1. The Bertz CT molecular complexity index is 1110. The highest BCUT2D eigenvalue weighted by molar-refractivity contribution is 7.92. The third kappa shape index (κ3) is 6.02. The van der Waals surface area contributed by atoms with Crippen molar-refractivity contribution in [1.29, 1.82) is 0 Å². The highest BCUT2D eigenvalue weighted by atomic mass is 32.2. The number of anilines is 1. The number of rotatable bonds is 8. The third-order valence-electron chi connectivity index (χ3n) is 6.26. The first kappa shape index (κ1) is 24.4. The minimum atomic E-state index is -1.33. The molecule has 1 heterocycles. The first-order chi connectivity index (χ1) is 16.4. The summed E-state index contributed by atoms with van der Waals surface area (Å²) >= 11 is -0.163. The Morgan fingerprint density at radius 2 is 1.74 bits per heavy atom. The molecule has 1 aliphatic rings. The lowest BCUT2D eigenvalue weighted by molar-refractivity contribution is -0.138. The molecule has 178 valence electrons. The van der Waals surface area contributed by atoms with Gasteiger partial charge in [0.25, 0.3) is 5.91 Å². The zero-order valence-corrected chi connectivity index (χ0v) is 20.6. The summed E-state index contributed by atoms with van der Waals surface area (Å²) in [6.07, 6.45) is 4.04. The summed E-state index contributed by atoms with van der Waals surface area (Å²) in [5.74, 6) is 0.0975. The van der Waals surface area contributed by atoms with E-state index in [1.54, 1.807) is 7.05 Å². The minimum absolute atomic E-state index is 0.201. The molecule has 0 aliphatic heterocycles. The fourth-order valence-corrected chi connectivity index (χ4v) is 6.40. The first-order valence-electron chi connectivity index (χ1n) is 11.3. The Morgan fingerprint density at radius 3 is 2.38 bits per heavy atom. The van der Waals surface area contributed by atoms with Crippen molar-refractivity contribution in [2.24, 2.45) is 5.92 Å². The maximum absolute atomic E-state index is 13.0. The molecule has 1 aliphatic carbocycles. The first-order valence-corrected chi connectivity index (χ1v) is 13.4. The van der Waals surface area contributed by atoms with Gasteiger partial charge in [-0.05, 0) is 66.6 Å². The summed E-state index contributed by atoms with van der Waals surface area (Å²) in [4.78, 5) is 25.3. The molecule has 1 fully saturated rings. The van der Waals surface area contributed by atoms with E-state index < -0.39 is 17.1 Å². The molecule has 34 heavy (non-hydrogen) atoms. The van der Waals surface area contributed by atoms with Crippen LogP contribution in [0.3, 0.4) is 0 Å². The molecule has 0 radical (unpaired) electrons. The van der Waals surface area contributed by atoms with Crippen LogP contribution in [0.25, 0.3) is 0 Å². The van der Waals surface area contributed by atoms with Crippen LogP contribution in [0.1, 0.15) is 59.5 Å². The van der Waals surface area contributed by atoms with Crippen LogP contribution in [-0.2, 0) is 21.7 Å². The van der Waals surface area contributed by atoms with Crippen molar-refractivity contribution >= 4 is 39.5 Å². The van der Waals surface area contributed by atoms with E-state index in [2.05, 4.69) is 10.2 Å². The lowest BCUT2D eigenvalue weighted by Crippen LogP contribution is -2.26. The molecule has 3 aromatic rings. The molecule has 1 N–H and O–H groups in total. The standard InChI is InChI=1S/C25H27N3O4S2/c1-28(24-26-27-25(33-24)34(32)16-18-5-3-2-4-6-18)23(31)21-13-11-20(12-14-21)19-9-7-17(8-10-19)15-22(29)30/h2-6,11-14,17,19H,7-10,15-16H2,1H3,(H,29,30)/t17-,19-,34?. The van der Waals surface area contributed by atoms with Crippen molar-refractivity contribution in [2.45, 2.75) is 48.1 Å². The van der Waals surface area contributed by atoms with Gasteiger partial charge >= 0.3 is 10.3 Å². The van der Waals surface area contributed by atoms with Gasteiger partial charge in [-0.1, -0.05) is 47.6 Å². The second-order valence-electron chi connectivity index (χ2n) is 8.63. The maximum atomic E-state index is 13.0. The number of benzene rings is 2. The molecule has 1 amide bonds. The van der Waals surface area contributed by atoms with Gasteiger partial charge in [0.1, 0.15) is 5.75 Å². The molecule has 1 saturated carbocycles. The van der Waals surface area contributed by atoms with Crippen molar-refractivity contribution in [3.8, 4) is 0 Å². The van der Waals surface area contributed by atoms with Crippen LogP contribution in [0.2, 0.25) is 0 Å². The largest absolute Gasteiger partial charge is 0.609 e. The molecule has 1 unspecified atom stereocenters. The van der Waals surface area contributed by atoms with E-state index in [-0.39, 0.29) is 18.2 Å². The Kier molecular flexibility index (Phi) is 7.97. The number of carbonyl (C=O) groups is 2. The summed E-state index contributed by atoms with van der Waals surface area (Å²) in [5.41, 5.74) is 2.69. The fourth-order valence-electron chi connectivity index (χ4n) is 4.34. The van der Waals surface area contributed by atoms with Gasteiger partial charge in [-0.2, -0.15) is 0 Å². The zero-order chi connectivity index (χ0) is 24.1. The number of carboxylic acids is 1. The number of carbonyl (C=O) groups excluding carboxylic acids is 1. The van der Waals surface area contributed by atoms with Crippen LogP contribution in [0.4, 0.5) is 5.13 Å². The third-order valence-corrected chi connectivity index (χ3v) is 8.93. The molecule has 0 spiro atoms. The number of hydrogen-bond acceptors (Lipinski definition) is 6. The normalized spacial score (nSPS) is 18.9. The highest BCUT2D eigenvalue weighted by Crippen LogP contribution is 2.37. The number of amides is 1. The lowest BCUT2D eigenvalue weighted by Gasteiger charge is -2.28. The van der Waals surface area contributed by atoms with Crippen molar-refractivity contribution in [1.82, 2.24) is 10.2 Å². The molecule has 2 aromatic carbocycles. The maximum Gasteiger partial charge on any atom is 0.323 e. The molecule has 9 heteroatoms. The molecule has 0 bridgehead atoms. The summed E-state index contributed by atoms with van der Waals surface area (Å²) in [5, 5.41) is 17.5. The van der Waals surface area contributed by atoms with Gasteiger partial charge < -0.3 is 9.66 Å². The van der Waals surface area contributed by atoms with E-state index in [0.29, 0.717) is 26.7 Å².